The average molecular weight is 305 g/mol. The number of benzene rings is 1. The molecule has 1 amide bonds. The molecule has 0 aliphatic carbocycles. The maximum atomic E-state index is 12.1. The number of hydrogen-bond donors (Lipinski definition) is 1. The molecule has 2 atom stereocenters. The van der Waals surface area contributed by atoms with E-state index < -0.39 is 5.97 Å². The highest BCUT2D eigenvalue weighted by Crippen LogP contribution is 2.22. The van der Waals surface area contributed by atoms with Crippen molar-refractivity contribution in [3.8, 4) is 0 Å². The van der Waals surface area contributed by atoms with Gasteiger partial charge in [-0.1, -0.05) is 12.1 Å². The lowest BCUT2D eigenvalue weighted by atomic mass is 10.1. The lowest BCUT2D eigenvalue weighted by Crippen LogP contribution is -2.27. The molecule has 1 aliphatic heterocycles. The SMILES string of the molecule is C[C@@H]1CC[C@@H](CCC(=O)N(C)Cc2ccc(C(=O)O)cc2)O1. The molecule has 0 bridgehead atoms. The number of amides is 1. The molecule has 1 aliphatic rings. The fourth-order valence-electron chi connectivity index (χ4n) is 2.69. The van der Waals surface area contributed by atoms with Crippen molar-refractivity contribution >= 4 is 11.9 Å². The van der Waals surface area contributed by atoms with Crippen molar-refractivity contribution in [1.29, 1.82) is 0 Å². The summed E-state index contributed by atoms with van der Waals surface area (Å²) in [6.45, 7) is 2.55. The molecule has 0 spiro atoms. The van der Waals surface area contributed by atoms with Crippen LogP contribution in [0.5, 0.6) is 0 Å². The highest BCUT2D eigenvalue weighted by Gasteiger charge is 2.22. The van der Waals surface area contributed by atoms with E-state index in [1.165, 1.54) is 0 Å². The third kappa shape index (κ3) is 4.56. The highest BCUT2D eigenvalue weighted by molar-refractivity contribution is 5.87. The predicted molar refractivity (Wildman–Crippen MR) is 82.7 cm³/mol. The average Bonchev–Trinajstić information content (AvgIpc) is 2.91. The van der Waals surface area contributed by atoms with Gasteiger partial charge in [0.05, 0.1) is 17.8 Å². The molecule has 22 heavy (non-hydrogen) atoms. The smallest absolute Gasteiger partial charge is 0.335 e. The zero-order valence-corrected chi connectivity index (χ0v) is 13.1. The fourth-order valence-corrected chi connectivity index (χ4v) is 2.69. The second-order valence-electron chi connectivity index (χ2n) is 5.94. The van der Waals surface area contributed by atoms with Crippen LogP contribution in [0.4, 0.5) is 0 Å². The van der Waals surface area contributed by atoms with Gasteiger partial charge in [0.25, 0.3) is 0 Å². The van der Waals surface area contributed by atoms with Crippen LogP contribution < -0.4 is 0 Å². The number of nitrogens with zero attached hydrogens (tertiary/aromatic N) is 1. The fraction of sp³-hybridized carbons (Fsp3) is 0.529. The third-order valence-electron chi connectivity index (χ3n) is 4.05. The molecule has 0 radical (unpaired) electrons. The summed E-state index contributed by atoms with van der Waals surface area (Å²) in [5, 5.41) is 8.86. The van der Waals surface area contributed by atoms with Gasteiger partial charge >= 0.3 is 5.97 Å². The van der Waals surface area contributed by atoms with Gasteiger partial charge in [-0.3, -0.25) is 4.79 Å². The van der Waals surface area contributed by atoms with Crippen LogP contribution in [0.15, 0.2) is 24.3 Å². The number of carbonyl (C=O) groups excluding carboxylic acids is 1. The molecule has 2 rings (SSSR count). The largest absolute Gasteiger partial charge is 0.478 e. The summed E-state index contributed by atoms with van der Waals surface area (Å²) in [6.07, 6.45) is 3.89. The molecule has 1 aromatic carbocycles. The van der Waals surface area contributed by atoms with Crippen LogP contribution in [0, 0.1) is 0 Å². The van der Waals surface area contributed by atoms with Crippen molar-refractivity contribution in [3.05, 3.63) is 35.4 Å². The van der Waals surface area contributed by atoms with Gasteiger partial charge < -0.3 is 14.7 Å². The predicted octanol–water partition coefficient (Wildman–Crippen LogP) is 2.69. The number of rotatable bonds is 6. The van der Waals surface area contributed by atoms with Gasteiger partial charge in [-0.25, -0.2) is 4.79 Å². The molecule has 0 saturated carbocycles. The van der Waals surface area contributed by atoms with E-state index in [-0.39, 0.29) is 17.6 Å². The Morgan fingerprint density at radius 3 is 2.50 bits per heavy atom. The molecule has 1 aromatic rings. The Morgan fingerprint density at radius 2 is 1.95 bits per heavy atom. The molecular weight excluding hydrogens is 282 g/mol. The first-order chi connectivity index (χ1) is 10.5. The summed E-state index contributed by atoms with van der Waals surface area (Å²) in [4.78, 5) is 24.6. The van der Waals surface area contributed by atoms with E-state index in [2.05, 4.69) is 6.92 Å². The second-order valence-corrected chi connectivity index (χ2v) is 5.94. The summed E-state index contributed by atoms with van der Waals surface area (Å²) >= 11 is 0. The number of carboxylic acid groups (broad SMARTS) is 1. The molecule has 5 nitrogen and oxygen atoms in total. The van der Waals surface area contributed by atoms with Crippen LogP contribution in [0.2, 0.25) is 0 Å². The quantitative estimate of drug-likeness (QED) is 0.877. The van der Waals surface area contributed by atoms with Crippen LogP contribution in [-0.4, -0.2) is 41.1 Å². The summed E-state index contributed by atoms with van der Waals surface area (Å²) in [7, 11) is 1.77. The van der Waals surface area contributed by atoms with Gasteiger partial charge in [0.1, 0.15) is 0 Å². The van der Waals surface area contributed by atoms with Crippen molar-refractivity contribution in [3.63, 3.8) is 0 Å². The van der Waals surface area contributed by atoms with Crippen molar-refractivity contribution in [2.75, 3.05) is 7.05 Å². The minimum atomic E-state index is -0.943. The summed E-state index contributed by atoms with van der Waals surface area (Å²) in [5.74, 6) is -0.854. The number of ether oxygens (including phenoxy) is 1. The number of aromatic carboxylic acids is 1. The van der Waals surface area contributed by atoms with Crippen LogP contribution >= 0.6 is 0 Å². The topological polar surface area (TPSA) is 66.8 Å². The van der Waals surface area contributed by atoms with Gasteiger partial charge in [-0.2, -0.15) is 0 Å². The van der Waals surface area contributed by atoms with Crippen LogP contribution in [-0.2, 0) is 16.1 Å². The lowest BCUT2D eigenvalue weighted by molar-refractivity contribution is -0.131. The molecule has 1 saturated heterocycles. The standard InChI is InChI=1S/C17H23NO4/c1-12-3-8-15(22-12)9-10-16(19)18(2)11-13-4-6-14(7-5-13)17(20)21/h4-7,12,15H,3,8-11H2,1-2H3,(H,20,21)/t12-,15+/m1/s1. The summed E-state index contributed by atoms with van der Waals surface area (Å²) < 4.78 is 5.72. The monoisotopic (exact) mass is 305 g/mol. The third-order valence-corrected chi connectivity index (χ3v) is 4.05. The molecule has 5 heteroatoms. The number of hydrogen-bond acceptors (Lipinski definition) is 3. The normalized spacial score (nSPS) is 20.8. The number of carbonyl (C=O) groups is 2. The van der Waals surface area contributed by atoms with E-state index in [0.29, 0.717) is 19.1 Å². The van der Waals surface area contributed by atoms with Crippen molar-refractivity contribution in [2.24, 2.45) is 0 Å². The lowest BCUT2D eigenvalue weighted by Gasteiger charge is -2.18. The number of carboxylic acids is 1. The van der Waals surface area contributed by atoms with Gasteiger partial charge in [-0.05, 0) is 43.9 Å². The van der Waals surface area contributed by atoms with Gasteiger partial charge in [-0.15, -0.1) is 0 Å². The van der Waals surface area contributed by atoms with E-state index in [1.807, 2.05) is 0 Å². The summed E-state index contributed by atoms with van der Waals surface area (Å²) in [5.41, 5.74) is 1.18. The summed E-state index contributed by atoms with van der Waals surface area (Å²) in [6, 6.07) is 6.61. The first-order valence-corrected chi connectivity index (χ1v) is 7.67. The van der Waals surface area contributed by atoms with Crippen LogP contribution in [0.3, 0.4) is 0 Å². The zero-order valence-electron chi connectivity index (χ0n) is 13.1. The van der Waals surface area contributed by atoms with E-state index >= 15 is 0 Å². The van der Waals surface area contributed by atoms with Crippen LogP contribution in [0.1, 0.15) is 48.5 Å². The Kier molecular flexibility index (Phi) is 5.55. The minimum absolute atomic E-state index is 0.0884. The first kappa shape index (κ1) is 16.5. The maximum absolute atomic E-state index is 12.1. The Labute approximate surface area is 130 Å². The Hall–Kier alpha value is -1.88. The van der Waals surface area contributed by atoms with Gasteiger partial charge in [0.15, 0.2) is 0 Å². The molecule has 0 aromatic heterocycles. The van der Waals surface area contributed by atoms with Crippen molar-refractivity contribution in [2.45, 2.75) is 51.4 Å². The molecule has 120 valence electrons. The van der Waals surface area contributed by atoms with Crippen LogP contribution in [0.25, 0.3) is 0 Å². The molecule has 1 N–H and O–H groups in total. The van der Waals surface area contributed by atoms with E-state index in [9.17, 15) is 9.59 Å². The minimum Gasteiger partial charge on any atom is -0.478 e. The molecule has 1 heterocycles. The Morgan fingerprint density at radius 1 is 1.27 bits per heavy atom. The van der Waals surface area contributed by atoms with E-state index in [4.69, 9.17) is 9.84 Å². The second kappa shape index (κ2) is 7.40. The first-order valence-electron chi connectivity index (χ1n) is 7.67. The highest BCUT2D eigenvalue weighted by atomic mass is 16.5. The zero-order chi connectivity index (χ0) is 16.1. The van der Waals surface area contributed by atoms with Gasteiger partial charge in [0, 0.05) is 20.0 Å². The Bertz CT molecular complexity index is 526. The molecule has 1 fully saturated rings. The van der Waals surface area contributed by atoms with E-state index in [0.717, 1.165) is 24.8 Å². The van der Waals surface area contributed by atoms with Crippen molar-refractivity contribution in [1.82, 2.24) is 4.90 Å². The van der Waals surface area contributed by atoms with Gasteiger partial charge in [0.2, 0.25) is 5.91 Å². The maximum Gasteiger partial charge on any atom is 0.335 e. The van der Waals surface area contributed by atoms with E-state index in [1.54, 1.807) is 36.2 Å². The molecular formula is C17H23NO4. The molecule has 0 unspecified atom stereocenters. The van der Waals surface area contributed by atoms with Crippen molar-refractivity contribution < 1.29 is 19.4 Å². The Balaban J connectivity index is 1.79.